The van der Waals surface area contributed by atoms with Gasteiger partial charge in [0, 0.05) is 16.6 Å². The molecular formula is C26H24N2. The first-order valence-corrected chi connectivity index (χ1v) is 9.70. The van der Waals surface area contributed by atoms with E-state index in [4.69, 9.17) is 10.7 Å². The van der Waals surface area contributed by atoms with Crippen molar-refractivity contribution in [2.45, 2.75) is 20.3 Å². The van der Waals surface area contributed by atoms with Gasteiger partial charge >= 0.3 is 0 Å². The highest BCUT2D eigenvalue weighted by Crippen LogP contribution is 2.36. The number of fused-ring (bicyclic) bond motifs is 1. The third kappa shape index (κ3) is 3.29. The second kappa shape index (κ2) is 7.69. The molecule has 0 saturated carbocycles. The molecule has 0 spiro atoms. The number of hydrogen-bond donors (Lipinski definition) is 1. The minimum absolute atomic E-state index is 0.738. The van der Waals surface area contributed by atoms with Crippen LogP contribution in [0.1, 0.15) is 30.2 Å². The van der Waals surface area contributed by atoms with Crippen LogP contribution in [0.2, 0.25) is 0 Å². The van der Waals surface area contributed by atoms with Gasteiger partial charge in [0.25, 0.3) is 0 Å². The van der Waals surface area contributed by atoms with Crippen LogP contribution in [-0.4, -0.2) is 4.98 Å². The molecule has 2 nitrogen and oxygen atoms in total. The smallest absolute Gasteiger partial charge is 0.0946 e. The van der Waals surface area contributed by atoms with Crippen LogP contribution in [0.4, 0.5) is 5.69 Å². The Morgan fingerprint density at radius 1 is 0.929 bits per heavy atom. The molecule has 3 aromatic carbocycles. The molecule has 0 fully saturated rings. The number of nitrogens with zero attached hydrogens (tertiary/aromatic N) is 1. The molecule has 1 heterocycles. The molecule has 4 rings (SSSR count). The van der Waals surface area contributed by atoms with Gasteiger partial charge in [-0.25, -0.2) is 0 Å². The lowest BCUT2D eigenvalue weighted by atomic mass is 9.92. The molecule has 0 aliphatic heterocycles. The Morgan fingerprint density at radius 2 is 1.61 bits per heavy atom. The summed E-state index contributed by atoms with van der Waals surface area (Å²) < 4.78 is 0. The number of aromatic nitrogens is 1. The molecule has 138 valence electrons. The van der Waals surface area contributed by atoms with E-state index in [0.29, 0.717) is 0 Å². The number of nitrogens with two attached hydrogens (primary N) is 1. The summed E-state index contributed by atoms with van der Waals surface area (Å²) in [4.78, 5) is 4.81. The third-order valence-corrected chi connectivity index (χ3v) is 5.02. The number of rotatable bonds is 4. The van der Waals surface area contributed by atoms with E-state index in [-0.39, 0.29) is 0 Å². The van der Waals surface area contributed by atoms with Crippen LogP contribution in [0.25, 0.3) is 27.6 Å². The van der Waals surface area contributed by atoms with E-state index in [0.717, 1.165) is 39.8 Å². The summed E-state index contributed by atoms with van der Waals surface area (Å²) in [5, 5.41) is 1.09. The van der Waals surface area contributed by atoms with Crippen molar-refractivity contribution in [1.82, 2.24) is 4.98 Å². The average Bonchev–Trinajstić information content (AvgIpc) is 2.74. The predicted octanol–water partition coefficient (Wildman–Crippen LogP) is 6.63. The van der Waals surface area contributed by atoms with Crippen molar-refractivity contribution in [1.29, 1.82) is 0 Å². The number of pyridine rings is 1. The summed E-state index contributed by atoms with van der Waals surface area (Å²) in [6.07, 6.45) is 3.18. The van der Waals surface area contributed by atoms with E-state index in [1.807, 2.05) is 19.1 Å². The number of nitrogen functional groups attached to an aromatic ring is 1. The van der Waals surface area contributed by atoms with Crippen LogP contribution in [0.5, 0.6) is 0 Å². The van der Waals surface area contributed by atoms with E-state index in [1.54, 1.807) is 0 Å². The molecule has 0 saturated heterocycles. The molecule has 2 N–H and O–H groups in total. The Balaban J connectivity index is 1.96. The Morgan fingerprint density at radius 3 is 2.29 bits per heavy atom. The van der Waals surface area contributed by atoms with Crippen molar-refractivity contribution in [2.24, 2.45) is 0 Å². The maximum atomic E-state index is 6.70. The molecule has 0 bridgehead atoms. The zero-order valence-corrected chi connectivity index (χ0v) is 16.3. The topological polar surface area (TPSA) is 38.9 Å². The van der Waals surface area contributed by atoms with Gasteiger partial charge in [0.2, 0.25) is 0 Å². The van der Waals surface area contributed by atoms with E-state index in [1.165, 1.54) is 16.7 Å². The van der Waals surface area contributed by atoms with Crippen LogP contribution < -0.4 is 5.73 Å². The molecule has 1 aromatic heterocycles. The predicted molar refractivity (Wildman–Crippen MR) is 120 cm³/mol. The van der Waals surface area contributed by atoms with Gasteiger partial charge in [-0.3, -0.25) is 4.98 Å². The van der Waals surface area contributed by atoms with Gasteiger partial charge in [-0.1, -0.05) is 85.8 Å². The van der Waals surface area contributed by atoms with Crippen LogP contribution >= 0.6 is 0 Å². The zero-order valence-electron chi connectivity index (χ0n) is 16.3. The summed E-state index contributed by atoms with van der Waals surface area (Å²) in [5.41, 5.74) is 15.0. The summed E-state index contributed by atoms with van der Waals surface area (Å²) in [7, 11) is 0. The monoisotopic (exact) mass is 364 g/mol. The van der Waals surface area contributed by atoms with Crippen molar-refractivity contribution in [2.75, 3.05) is 5.73 Å². The normalized spacial score (nSPS) is 11.7. The number of allylic oxidation sites excluding steroid dienone is 1. The van der Waals surface area contributed by atoms with Crippen molar-refractivity contribution >= 4 is 22.2 Å². The molecule has 0 aliphatic carbocycles. The van der Waals surface area contributed by atoms with Crippen LogP contribution in [0.15, 0.2) is 84.9 Å². The molecule has 0 aliphatic rings. The highest BCUT2D eigenvalue weighted by atomic mass is 14.7. The standard InChI is InChI=1S/C26H24N2/c1-3-10-21(19-11-6-4-7-12-19)22-15-16-23-24(20-13-8-5-9-14-20)17-18(2)28-26(23)25(22)27/h4-17H,3,27H2,1-2H3/b21-10-. The molecule has 28 heavy (non-hydrogen) atoms. The van der Waals surface area contributed by atoms with Crippen LogP contribution in [0, 0.1) is 6.92 Å². The molecule has 2 heteroatoms. The fraction of sp³-hybridized carbons (Fsp3) is 0.115. The number of benzene rings is 3. The summed E-state index contributed by atoms with van der Waals surface area (Å²) in [6.45, 7) is 4.17. The van der Waals surface area contributed by atoms with Gasteiger partial charge in [0.15, 0.2) is 0 Å². The van der Waals surface area contributed by atoms with Crippen molar-refractivity contribution in [3.8, 4) is 11.1 Å². The minimum Gasteiger partial charge on any atom is -0.396 e. The van der Waals surface area contributed by atoms with Gasteiger partial charge in [-0.05, 0) is 41.7 Å². The molecule has 0 unspecified atom stereocenters. The Hall–Kier alpha value is -3.39. The molecular weight excluding hydrogens is 340 g/mol. The van der Waals surface area contributed by atoms with Gasteiger partial charge < -0.3 is 5.73 Å². The summed E-state index contributed by atoms with van der Waals surface area (Å²) in [5.74, 6) is 0. The lowest BCUT2D eigenvalue weighted by Gasteiger charge is -2.15. The van der Waals surface area contributed by atoms with Crippen molar-refractivity contribution in [3.63, 3.8) is 0 Å². The Bertz CT molecular complexity index is 1140. The fourth-order valence-electron chi connectivity index (χ4n) is 3.74. The van der Waals surface area contributed by atoms with E-state index in [9.17, 15) is 0 Å². The lowest BCUT2D eigenvalue weighted by molar-refractivity contribution is 1.22. The maximum Gasteiger partial charge on any atom is 0.0946 e. The van der Waals surface area contributed by atoms with E-state index < -0.39 is 0 Å². The number of hydrogen-bond acceptors (Lipinski definition) is 2. The lowest BCUT2D eigenvalue weighted by Crippen LogP contribution is -2.00. The second-order valence-corrected chi connectivity index (χ2v) is 6.99. The first kappa shape index (κ1) is 18.0. The maximum absolute atomic E-state index is 6.70. The van der Waals surface area contributed by atoms with Gasteiger partial charge in [0.1, 0.15) is 0 Å². The molecule has 0 amide bonds. The van der Waals surface area contributed by atoms with Crippen LogP contribution in [-0.2, 0) is 0 Å². The molecule has 0 atom stereocenters. The highest BCUT2D eigenvalue weighted by Gasteiger charge is 2.15. The van der Waals surface area contributed by atoms with Crippen LogP contribution in [0.3, 0.4) is 0 Å². The van der Waals surface area contributed by atoms with Gasteiger partial charge in [-0.15, -0.1) is 0 Å². The van der Waals surface area contributed by atoms with E-state index in [2.05, 4.69) is 79.7 Å². The average molecular weight is 364 g/mol. The first-order valence-electron chi connectivity index (χ1n) is 9.70. The summed E-state index contributed by atoms with van der Waals surface area (Å²) >= 11 is 0. The summed E-state index contributed by atoms with van der Waals surface area (Å²) in [6, 6.07) is 27.3. The van der Waals surface area contributed by atoms with Crippen molar-refractivity contribution < 1.29 is 0 Å². The van der Waals surface area contributed by atoms with Gasteiger partial charge in [0.05, 0.1) is 11.2 Å². The molecule has 4 aromatic rings. The number of aryl methyl sites for hydroxylation is 1. The highest BCUT2D eigenvalue weighted by molar-refractivity contribution is 6.04. The minimum atomic E-state index is 0.738. The Labute approximate surface area is 166 Å². The quantitative estimate of drug-likeness (QED) is 0.413. The van der Waals surface area contributed by atoms with Crippen molar-refractivity contribution in [3.05, 3.63) is 102 Å². The second-order valence-electron chi connectivity index (χ2n) is 6.99. The van der Waals surface area contributed by atoms with E-state index >= 15 is 0 Å². The largest absolute Gasteiger partial charge is 0.396 e. The zero-order chi connectivity index (χ0) is 19.5. The Kier molecular flexibility index (Phi) is 4.94. The third-order valence-electron chi connectivity index (χ3n) is 5.02. The SMILES string of the molecule is CC/C=C(/c1ccccc1)c1ccc2c(-c3ccccc3)cc(C)nc2c1N. The first-order chi connectivity index (χ1) is 13.7. The van der Waals surface area contributed by atoms with Gasteiger partial charge in [-0.2, -0.15) is 0 Å². The molecule has 0 radical (unpaired) electrons. The fourth-order valence-corrected chi connectivity index (χ4v) is 3.74. The number of anilines is 1.